The molecule has 0 heterocycles. The maximum Gasteiger partial charge on any atom is 0.0548 e. The van der Waals surface area contributed by atoms with E-state index in [9.17, 15) is 0 Å². The molecule has 0 amide bonds. The van der Waals surface area contributed by atoms with E-state index in [1.54, 1.807) is 0 Å². The number of rotatable bonds is 3. The third-order valence-corrected chi connectivity index (χ3v) is 4.19. The number of benzene rings is 2. The molecule has 2 rings (SSSR count). The van der Waals surface area contributed by atoms with Gasteiger partial charge in [-0.25, -0.2) is 0 Å². The molecular weight excluding hydrogens is 412 g/mol. The summed E-state index contributed by atoms with van der Waals surface area (Å²) in [5.74, 6) is 0. The SMILES string of the molecule is Clc1ccc(CNc2cccc(I)c2)cc1Br. The predicted octanol–water partition coefficient (Wildman–Crippen LogP) is 5.32. The van der Waals surface area contributed by atoms with Crippen LogP contribution in [-0.2, 0) is 6.54 Å². The van der Waals surface area contributed by atoms with E-state index in [1.807, 2.05) is 24.3 Å². The largest absolute Gasteiger partial charge is 0.381 e. The molecule has 2 aromatic carbocycles. The van der Waals surface area contributed by atoms with Gasteiger partial charge in [0.15, 0.2) is 0 Å². The Balaban J connectivity index is 2.05. The molecule has 0 atom stereocenters. The van der Waals surface area contributed by atoms with Crippen molar-refractivity contribution < 1.29 is 0 Å². The monoisotopic (exact) mass is 421 g/mol. The molecule has 0 aliphatic heterocycles. The molecule has 0 aromatic heterocycles. The zero-order chi connectivity index (χ0) is 12.3. The van der Waals surface area contributed by atoms with Crippen LogP contribution in [0.15, 0.2) is 46.9 Å². The van der Waals surface area contributed by atoms with Crippen LogP contribution in [-0.4, -0.2) is 0 Å². The van der Waals surface area contributed by atoms with Gasteiger partial charge in [0.1, 0.15) is 0 Å². The fourth-order valence-electron chi connectivity index (χ4n) is 1.45. The molecule has 1 nitrogen and oxygen atoms in total. The van der Waals surface area contributed by atoms with Gasteiger partial charge in [-0.15, -0.1) is 0 Å². The smallest absolute Gasteiger partial charge is 0.0548 e. The highest BCUT2D eigenvalue weighted by atomic mass is 127. The van der Waals surface area contributed by atoms with Crippen LogP contribution in [0.3, 0.4) is 0 Å². The quantitative estimate of drug-likeness (QED) is 0.661. The van der Waals surface area contributed by atoms with Gasteiger partial charge in [0.2, 0.25) is 0 Å². The van der Waals surface area contributed by atoms with Crippen LogP contribution >= 0.6 is 50.1 Å². The van der Waals surface area contributed by atoms with Gasteiger partial charge in [-0.1, -0.05) is 23.7 Å². The third-order valence-electron chi connectivity index (χ3n) is 2.31. The molecule has 0 unspecified atom stereocenters. The summed E-state index contributed by atoms with van der Waals surface area (Å²) in [5.41, 5.74) is 2.32. The van der Waals surface area contributed by atoms with Crippen molar-refractivity contribution in [2.24, 2.45) is 0 Å². The summed E-state index contributed by atoms with van der Waals surface area (Å²) >= 11 is 11.7. The van der Waals surface area contributed by atoms with E-state index in [0.29, 0.717) is 0 Å². The number of halogens is 3. The number of nitrogens with one attached hydrogen (secondary N) is 1. The Morgan fingerprint density at radius 1 is 1.18 bits per heavy atom. The van der Waals surface area contributed by atoms with Crippen molar-refractivity contribution in [3.63, 3.8) is 0 Å². The van der Waals surface area contributed by atoms with Crippen LogP contribution in [0, 0.1) is 3.57 Å². The van der Waals surface area contributed by atoms with Crippen LogP contribution in [0.25, 0.3) is 0 Å². The van der Waals surface area contributed by atoms with Crippen molar-refractivity contribution in [2.45, 2.75) is 6.54 Å². The molecule has 4 heteroatoms. The highest BCUT2D eigenvalue weighted by Gasteiger charge is 1.99. The van der Waals surface area contributed by atoms with E-state index < -0.39 is 0 Å². The minimum absolute atomic E-state index is 0.739. The van der Waals surface area contributed by atoms with E-state index in [0.717, 1.165) is 21.7 Å². The van der Waals surface area contributed by atoms with Gasteiger partial charge in [0, 0.05) is 20.3 Å². The predicted molar refractivity (Wildman–Crippen MR) is 85.6 cm³/mol. The molecule has 0 saturated carbocycles. The zero-order valence-electron chi connectivity index (χ0n) is 8.88. The molecule has 0 spiro atoms. The topological polar surface area (TPSA) is 12.0 Å². The summed E-state index contributed by atoms with van der Waals surface area (Å²) in [5, 5.41) is 4.12. The second-order valence-electron chi connectivity index (χ2n) is 3.61. The second-order valence-corrected chi connectivity index (χ2v) is 6.12. The van der Waals surface area contributed by atoms with Crippen LogP contribution < -0.4 is 5.32 Å². The lowest BCUT2D eigenvalue weighted by molar-refractivity contribution is 1.15. The van der Waals surface area contributed by atoms with Gasteiger partial charge >= 0.3 is 0 Å². The Morgan fingerprint density at radius 2 is 2.00 bits per heavy atom. The van der Waals surface area contributed by atoms with E-state index in [4.69, 9.17) is 11.6 Å². The van der Waals surface area contributed by atoms with E-state index in [-0.39, 0.29) is 0 Å². The van der Waals surface area contributed by atoms with Gasteiger partial charge in [0.05, 0.1) is 5.02 Å². The molecule has 0 aliphatic carbocycles. The Labute approximate surface area is 128 Å². The van der Waals surface area contributed by atoms with E-state index in [2.05, 4.69) is 62.0 Å². The first-order chi connectivity index (χ1) is 8.15. The summed E-state index contributed by atoms with van der Waals surface area (Å²) in [6.07, 6.45) is 0. The molecule has 0 radical (unpaired) electrons. The summed E-state index contributed by atoms with van der Waals surface area (Å²) in [4.78, 5) is 0. The van der Waals surface area contributed by atoms with Crippen LogP contribution in [0.5, 0.6) is 0 Å². The number of hydrogen-bond acceptors (Lipinski definition) is 1. The molecule has 0 aliphatic rings. The third kappa shape index (κ3) is 3.86. The van der Waals surface area contributed by atoms with E-state index in [1.165, 1.54) is 9.13 Å². The van der Waals surface area contributed by atoms with Crippen LogP contribution in [0.2, 0.25) is 5.02 Å². The zero-order valence-corrected chi connectivity index (χ0v) is 13.4. The first kappa shape index (κ1) is 13.2. The van der Waals surface area contributed by atoms with Crippen molar-refractivity contribution in [3.05, 3.63) is 61.1 Å². The van der Waals surface area contributed by atoms with E-state index >= 15 is 0 Å². The van der Waals surface area contributed by atoms with Crippen molar-refractivity contribution in [1.82, 2.24) is 0 Å². The van der Waals surface area contributed by atoms with Gasteiger partial charge < -0.3 is 5.32 Å². The highest BCUT2D eigenvalue weighted by Crippen LogP contribution is 2.23. The highest BCUT2D eigenvalue weighted by molar-refractivity contribution is 14.1. The molecule has 0 saturated heterocycles. The van der Waals surface area contributed by atoms with Gasteiger partial charge in [-0.05, 0) is 74.4 Å². The van der Waals surface area contributed by atoms with Gasteiger partial charge in [0.25, 0.3) is 0 Å². The first-order valence-corrected chi connectivity index (χ1v) is 7.33. The molecule has 1 N–H and O–H groups in total. The number of hydrogen-bond donors (Lipinski definition) is 1. The molecule has 17 heavy (non-hydrogen) atoms. The van der Waals surface area contributed by atoms with Crippen molar-refractivity contribution in [2.75, 3.05) is 5.32 Å². The van der Waals surface area contributed by atoms with Crippen molar-refractivity contribution in [1.29, 1.82) is 0 Å². The Kier molecular flexibility index (Phi) is 4.70. The normalized spacial score (nSPS) is 10.3. The lowest BCUT2D eigenvalue weighted by Gasteiger charge is -2.07. The minimum Gasteiger partial charge on any atom is -0.381 e. The summed E-state index contributed by atoms with van der Waals surface area (Å²) in [6.45, 7) is 0.788. The fraction of sp³-hybridized carbons (Fsp3) is 0.0769. The average Bonchev–Trinajstić information content (AvgIpc) is 2.31. The molecule has 88 valence electrons. The Morgan fingerprint density at radius 3 is 2.71 bits per heavy atom. The lowest BCUT2D eigenvalue weighted by Crippen LogP contribution is -1.99. The fourth-order valence-corrected chi connectivity index (χ4v) is 2.54. The second kappa shape index (κ2) is 6.07. The van der Waals surface area contributed by atoms with Crippen LogP contribution in [0.1, 0.15) is 5.56 Å². The molecule has 0 bridgehead atoms. The average molecular weight is 422 g/mol. The number of anilines is 1. The summed E-state index contributed by atoms with van der Waals surface area (Å²) in [6, 6.07) is 14.2. The maximum atomic E-state index is 5.95. The van der Waals surface area contributed by atoms with Gasteiger partial charge in [-0.2, -0.15) is 0 Å². The molecule has 2 aromatic rings. The maximum absolute atomic E-state index is 5.95. The van der Waals surface area contributed by atoms with Crippen LogP contribution in [0.4, 0.5) is 5.69 Å². The first-order valence-electron chi connectivity index (χ1n) is 5.08. The summed E-state index contributed by atoms with van der Waals surface area (Å²) < 4.78 is 2.16. The van der Waals surface area contributed by atoms with Crippen molar-refractivity contribution in [3.8, 4) is 0 Å². The minimum atomic E-state index is 0.739. The Bertz CT molecular complexity index is 531. The molecular formula is C13H10BrClIN. The lowest BCUT2D eigenvalue weighted by atomic mass is 10.2. The Hall–Kier alpha value is -0.260. The summed E-state index contributed by atoms with van der Waals surface area (Å²) in [7, 11) is 0. The van der Waals surface area contributed by atoms with Crippen molar-refractivity contribution >= 4 is 55.8 Å². The molecule has 0 fully saturated rings. The van der Waals surface area contributed by atoms with Gasteiger partial charge in [-0.3, -0.25) is 0 Å². The standard InChI is InChI=1S/C13H10BrClIN/c14-12-6-9(4-5-13(12)15)8-17-11-3-1-2-10(16)7-11/h1-7,17H,8H2.